The van der Waals surface area contributed by atoms with Crippen molar-refractivity contribution in [3.05, 3.63) is 124 Å². The lowest BCUT2D eigenvalue weighted by atomic mass is 9.76. The Hall–Kier alpha value is -4.80. The summed E-state index contributed by atoms with van der Waals surface area (Å²) in [5.41, 5.74) is 7.22. The highest BCUT2D eigenvalue weighted by Gasteiger charge is 2.43. The van der Waals surface area contributed by atoms with Crippen LogP contribution in [0.3, 0.4) is 0 Å². The fourth-order valence-electron chi connectivity index (χ4n) is 7.89. The van der Waals surface area contributed by atoms with E-state index in [0.717, 1.165) is 55.2 Å². The van der Waals surface area contributed by atoms with Crippen LogP contribution in [0, 0.1) is 0 Å². The minimum atomic E-state index is -0.696. The van der Waals surface area contributed by atoms with E-state index < -0.39 is 17.3 Å². The van der Waals surface area contributed by atoms with Crippen LogP contribution < -0.4 is 15.0 Å². The molecule has 0 aliphatic carbocycles. The monoisotopic (exact) mass is 674 g/mol. The molecule has 0 saturated carbocycles. The third kappa shape index (κ3) is 5.93. The van der Waals surface area contributed by atoms with E-state index in [1.807, 2.05) is 30.3 Å². The van der Waals surface area contributed by atoms with Crippen LogP contribution in [0.15, 0.2) is 91.0 Å². The molecule has 4 heterocycles. The van der Waals surface area contributed by atoms with E-state index in [4.69, 9.17) is 17.4 Å². The number of nitrogens with one attached hydrogen (secondary N) is 1. The molecule has 4 aromatic rings. The van der Waals surface area contributed by atoms with Crippen molar-refractivity contribution in [1.82, 2.24) is 15.1 Å². The predicted molar refractivity (Wildman–Crippen MR) is 189 cm³/mol. The third-order valence-electron chi connectivity index (χ3n) is 10.4. The molecule has 4 aliphatic heterocycles. The summed E-state index contributed by atoms with van der Waals surface area (Å²) >= 11 is 4.75. The highest BCUT2D eigenvalue weighted by atomic mass is 32.1. The van der Waals surface area contributed by atoms with Gasteiger partial charge < -0.3 is 19.6 Å². The number of imide groups is 1. The SMILES string of the molecule is O=C1CCC(N2C(=O)c3ccc(CN4CCN(c5ccc([C@@H]6c7ccc(O)cc7OC[C@@H]6c6ccccc6)cc5)CC4)cc3C2S)C(=O)N1. The number of carbonyl (C=O) groups excluding carboxylic acids is 3. The van der Waals surface area contributed by atoms with Gasteiger partial charge in [0.2, 0.25) is 11.8 Å². The van der Waals surface area contributed by atoms with Crippen LogP contribution in [-0.4, -0.2) is 71.5 Å². The molecule has 250 valence electrons. The number of amides is 3. The number of piperidine rings is 1. The highest BCUT2D eigenvalue weighted by molar-refractivity contribution is 7.80. The molecule has 0 radical (unpaired) electrons. The fraction of sp³-hybridized carbons (Fsp3) is 0.308. The summed E-state index contributed by atoms with van der Waals surface area (Å²) in [6, 6.07) is 30.1. The molecule has 2 saturated heterocycles. The van der Waals surface area contributed by atoms with E-state index in [1.165, 1.54) is 21.7 Å². The van der Waals surface area contributed by atoms with E-state index in [-0.39, 0.29) is 35.8 Å². The second kappa shape index (κ2) is 12.9. The maximum atomic E-state index is 13.2. The second-order valence-corrected chi connectivity index (χ2v) is 13.8. The number of fused-ring (bicyclic) bond motifs is 2. The first kappa shape index (κ1) is 31.5. The van der Waals surface area contributed by atoms with E-state index in [2.05, 4.69) is 63.6 Å². The van der Waals surface area contributed by atoms with Gasteiger partial charge in [-0.25, -0.2) is 0 Å². The van der Waals surface area contributed by atoms with Crippen molar-refractivity contribution in [3.8, 4) is 11.5 Å². The molecule has 2 unspecified atom stereocenters. The summed E-state index contributed by atoms with van der Waals surface area (Å²) in [6.45, 7) is 4.89. The van der Waals surface area contributed by atoms with Crippen LogP contribution in [0.1, 0.15) is 68.2 Å². The minimum absolute atomic E-state index is 0.105. The van der Waals surface area contributed by atoms with E-state index in [1.54, 1.807) is 12.1 Å². The smallest absolute Gasteiger partial charge is 0.256 e. The van der Waals surface area contributed by atoms with Gasteiger partial charge in [0, 0.05) is 73.9 Å². The van der Waals surface area contributed by atoms with Gasteiger partial charge in [0.05, 0.1) is 6.61 Å². The van der Waals surface area contributed by atoms with Crippen LogP contribution in [0.2, 0.25) is 0 Å². The zero-order valence-electron chi connectivity index (χ0n) is 27.0. The number of hydrogen-bond acceptors (Lipinski definition) is 8. The lowest BCUT2D eigenvalue weighted by Gasteiger charge is -2.37. The van der Waals surface area contributed by atoms with Crippen molar-refractivity contribution in [2.75, 3.05) is 37.7 Å². The van der Waals surface area contributed by atoms with Crippen molar-refractivity contribution in [2.45, 2.75) is 42.6 Å². The first-order valence-corrected chi connectivity index (χ1v) is 17.4. The Balaban J connectivity index is 0.930. The summed E-state index contributed by atoms with van der Waals surface area (Å²) in [4.78, 5) is 43.8. The average Bonchev–Trinajstić information content (AvgIpc) is 3.36. The van der Waals surface area contributed by atoms with Crippen LogP contribution in [0.5, 0.6) is 11.5 Å². The molecule has 2 fully saturated rings. The van der Waals surface area contributed by atoms with E-state index >= 15 is 0 Å². The van der Waals surface area contributed by atoms with Crippen molar-refractivity contribution >= 4 is 36.0 Å². The molecule has 9 nitrogen and oxygen atoms in total. The third-order valence-corrected chi connectivity index (χ3v) is 11.0. The largest absolute Gasteiger partial charge is 0.508 e. The lowest BCUT2D eigenvalue weighted by Crippen LogP contribution is -2.53. The Kier molecular flexibility index (Phi) is 8.29. The topological polar surface area (TPSA) is 102 Å². The number of nitrogens with zero attached hydrogens (tertiary/aromatic N) is 3. The molecule has 0 spiro atoms. The van der Waals surface area contributed by atoms with E-state index in [9.17, 15) is 19.5 Å². The molecule has 10 heteroatoms. The molecular weight excluding hydrogens is 637 g/mol. The van der Waals surface area contributed by atoms with Crippen molar-refractivity contribution < 1.29 is 24.2 Å². The fourth-order valence-corrected chi connectivity index (χ4v) is 8.37. The van der Waals surface area contributed by atoms with Gasteiger partial charge in [-0.05, 0) is 52.9 Å². The molecule has 0 aromatic heterocycles. The number of rotatable bonds is 6. The molecule has 0 bridgehead atoms. The highest BCUT2D eigenvalue weighted by Crippen LogP contribution is 2.47. The molecule has 4 atom stereocenters. The normalized spacial score (nSPS) is 23.9. The number of carbonyl (C=O) groups is 3. The molecule has 4 aromatic carbocycles. The summed E-state index contributed by atoms with van der Waals surface area (Å²) in [5, 5.41) is 11.9. The number of anilines is 1. The van der Waals surface area contributed by atoms with Crippen LogP contribution in [-0.2, 0) is 16.1 Å². The predicted octanol–water partition coefficient (Wildman–Crippen LogP) is 5.21. The molecule has 3 amide bonds. The zero-order valence-corrected chi connectivity index (χ0v) is 27.9. The first-order chi connectivity index (χ1) is 23.8. The minimum Gasteiger partial charge on any atom is -0.508 e. The molecule has 49 heavy (non-hydrogen) atoms. The second-order valence-electron chi connectivity index (χ2n) is 13.4. The maximum absolute atomic E-state index is 13.2. The number of ether oxygens (including phenoxy) is 1. The van der Waals surface area contributed by atoms with Gasteiger partial charge >= 0.3 is 0 Å². The number of benzene rings is 4. The molecule has 4 aliphatic rings. The van der Waals surface area contributed by atoms with Gasteiger partial charge in [-0.15, -0.1) is 12.6 Å². The Morgan fingerprint density at radius 2 is 1.61 bits per heavy atom. The standard InChI is InChI=1S/C39H38N4O5S/c44-28-11-13-30-34(21-28)48-23-32(25-4-2-1-3-5-25)36(30)26-7-9-27(10-8-26)42-18-16-41(17-19-42)22-24-6-12-29-31(20-24)39(49)43(38(29)47)33-14-15-35(45)40-37(33)46/h1-13,20-21,32-33,36,39,44,49H,14-19,22-23H2,(H,40,45,46)/t32-,33?,36-,39?/m1/s1. The number of piperazine rings is 1. The van der Waals surface area contributed by atoms with Gasteiger partial charge in [-0.1, -0.05) is 60.7 Å². The Morgan fingerprint density at radius 3 is 2.37 bits per heavy atom. The maximum Gasteiger partial charge on any atom is 0.256 e. The quantitative estimate of drug-likeness (QED) is 0.191. The van der Waals surface area contributed by atoms with Crippen molar-refractivity contribution in [1.29, 1.82) is 0 Å². The van der Waals surface area contributed by atoms with Gasteiger partial charge in [-0.2, -0.15) is 0 Å². The summed E-state index contributed by atoms with van der Waals surface area (Å²) in [7, 11) is 0. The average molecular weight is 675 g/mol. The Labute approximate surface area is 290 Å². The van der Waals surface area contributed by atoms with Crippen LogP contribution in [0.4, 0.5) is 5.69 Å². The molecule has 2 N–H and O–H groups in total. The van der Waals surface area contributed by atoms with Gasteiger partial charge in [-0.3, -0.25) is 24.6 Å². The molecular formula is C39H38N4O5S. The number of thiol groups is 1. The van der Waals surface area contributed by atoms with E-state index in [0.29, 0.717) is 18.6 Å². The summed E-state index contributed by atoms with van der Waals surface area (Å²) < 4.78 is 6.14. The summed E-state index contributed by atoms with van der Waals surface area (Å²) in [5.74, 6) is 0.252. The van der Waals surface area contributed by atoms with Gasteiger partial charge in [0.25, 0.3) is 5.91 Å². The number of phenols is 1. The Bertz CT molecular complexity index is 1910. The zero-order chi connectivity index (χ0) is 33.6. The number of hydrogen-bond donors (Lipinski definition) is 3. The van der Waals surface area contributed by atoms with Gasteiger partial charge in [0.1, 0.15) is 22.9 Å². The Morgan fingerprint density at radius 1 is 0.837 bits per heavy atom. The lowest BCUT2D eigenvalue weighted by molar-refractivity contribution is -0.137. The van der Waals surface area contributed by atoms with Gasteiger partial charge in [0.15, 0.2) is 0 Å². The van der Waals surface area contributed by atoms with Crippen LogP contribution in [0.25, 0.3) is 0 Å². The van der Waals surface area contributed by atoms with Crippen molar-refractivity contribution in [3.63, 3.8) is 0 Å². The molecule has 8 rings (SSSR count). The van der Waals surface area contributed by atoms with Crippen molar-refractivity contribution in [2.24, 2.45) is 0 Å². The number of phenolic OH excluding ortho intramolecular Hbond substituents is 1. The first-order valence-electron chi connectivity index (χ1n) is 16.9. The number of aromatic hydroxyl groups is 1. The summed E-state index contributed by atoms with van der Waals surface area (Å²) in [6.07, 6.45) is 0.522. The van der Waals surface area contributed by atoms with Crippen LogP contribution >= 0.6 is 12.6 Å².